The molecule has 0 saturated heterocycles. The Morgan fingerprint density at radius 1 is 1.40 bits per heavy atom. The molecule has 1 spiro atoms. The minimum atomic E-state index is -0.0603. The maximum Gasteiger partial charge on any atom is 0.166 e. The summed E-state index contributed by atoms with van der Waals surface area (Å²) in [5.74, 6) is 1.000. The molecule has 2 aliphatic rings. The lowest BCUT2D eigenvalue weighted by Crippen LogP contribution is -2.09. The molecule has 0 N–H and O–H groups in total. The molecule has 0 unspecified atom stereocenters. The molecule has 0 radical (unpaired) electrons. The van der Waals surface area contributed by atoms with E-state index in [9.17, 15) is 0 Å². The Morgan fingerprint density at radius 3 is 3.20 bits per heavy atom. The predicted molar refractivity (Wildman–Crippen MR) is 57.7 cm³/mol. The van der Waals surface area contributed by atoms with E-state index in [2.05, 4.69) is 31.2 Å². The van der Waals surface area contributed by atoms with Gasteiger partial charge < -0.3 is 0 Å². The molecule has 1 aliphatic carbocycles. The third-order valence-electron chi connectivity index (χ3n) is 3.03. The molecule has 3 heterocycles. The van der Waals surface area contributed by atoms with Crippen molar-refractivity contribution >= 4 is 17.6 Å². The summed E-state index contributed by atoms with van der Waals surface area (Å²) in [5.41, 5.74) is 1.11. The Labute approximate surface area is 90.3 Å². The minimum absolute atomic E-state index is 0.0603. The van der Waals surface area contributed by atoms with Crippen LogP contribution in [0.5, 0.6) is 0 Å². The van der Waals surface area contributed by atoms with Crippen LogP contribution in [0.3, 0.4) is 0 Å². The number of nitrogens with zero attached hydrogens (tertiary/aromatic N) is 4. The second-order valence-corrected chi connectivity index (χ2v) is 4.89. The van der Waals surface area contributed by atoms with E-state index in [-0.39, 0.29) is 5.54 Å². The van der Waals surface area contributed by atoms with Crippen molar-refractivity contribution in [2.75, 3.05) is 0 Å². The molecule has 1 aliphatic heterocycles. The highest BCUT2D eigenvalue weighted by atomic mass is 32.1. The summed E-state index contributed by atoms with van der Waals surface area (Å²) in [7, 11) is 0. The van der Waals surface area contributed by atoms with E-state index in [1.165, 1.54) is 10.6 Å². The summed E-state index contributed by atoms with van der Waals surface area (Å²) in [6, 6.07) is 2.09. The Balaban J connectivity index is 2.09. The highest BCUT2D eigenvalue weighted by Gasteiger charge is 2.49. The van der Waals surface area contributed by atoms with Crippen molar-refractivity contribution in [2.45, 2.75) is 18.4 Å². The first-order valence-corrected chi connectivity index (χ1v) is 5.81. The fraction of sp³-hybridized carbons (Fsp3) is 0.300. The molecule has 74 valence electrons. The van der Waals surface area contributed by atoms with E-state index in [1.807, 2.05) is 6.21 Å². The molecule has 0 bridgehead atoms. The Bertz CT molecular complexity index is 561. The molecule has 5 heteroatoms. The summed E-state index contributed by atoms with van der Waals surface area (Å²) >= 11 is 1.71. The van der Waals surface area contributed by atoms with Gasteiger partial charge in [-0.25, -0.2) is 0 Å². The summed E-state index contributed by atoms with van der Waals surface area (Å²) in [5, 5.41) is 11.5. The molecular weight excluding hydrogens is 208 g/mol. The van der Waals surface area contributed by atoms with Gasteiger partial charge in [0.1, 0.15) is 16.9 Å². The first kappa shape index (κ1) is 7.76. The van der Waals surface area contributed by atoms with Crippen LogP contribution in [0, 0.1) is 0 Å². The lowest BCUT2D eigenvalue weighted by Gasteiger charge is -2.06. The van der Waals surface area contributed by atoms with Crippen LogP contribution in [-0.4, -0.2) is 21.0 Å². The normalized spacial score (nSPS) is 19.7. The standard InChI is InChI=1S/C10H8N4S/c1-4-15-8-7(1)5-11-10(2-3-10)9-13-12-6-14(8)9/h1,4-6H,2-3H2. The maximum absolute atomic E-state index is 4.65. The molecule has 0 atom stereocenters. The predicted octanol–water partition coefficient (Wildman–Crippen LogP) is 1.75. The second-order valence-electron chi connectivity index (χ2n) is 4.00. The van der Waals surface area contributed by atoms with Crippen molar-refractivity contribution in [2.24, 2.45) is 4.99 Å². The fourth-order valence-electron chi connectivity index (χ4n) is 2.03. The molecule has 0 aromatic carbocycles. The van der Waals surface area contributed by atoms with Gasteiger partial charge in [0.25, 0.3) is 0 Å². The monoisotopic (exact) mass is 216 g/mol. The maximum atomic E-state index is 4.65. The molecule has 15 heavy (non-hydrogen) atoms. The van der Waals surface area contributed by atoms with Gasteiger partial charge in [-0.3, -0.25) is 9.56 Å². The number of rotatable bonds is 0. The molecule has 2 aromatic rings. The van der Waals surface area contributed by atoms with Crippen molar-refractivity contribution in [3.8, 4) is 5.00 Å². The van der Waals surface area contributed by atoms with Gasteiger partial charge in [0.05, 0.1) is 0 Å². The molecule has 0 amide bonds. The first-order valence-electron chi connectivity index (χ1n) is 4.93. The Morgan fingerprint density at radius 2 is 2.33 bits per heavy atom. The van der Waals surface area contributed by atoms with E-state index in [0.717, 1.165) is 18.7 Å². The third-order valence-corrected chi connectivity index (χ3v) is 3.96. The van der Waals surface area contributed by atoms with Crippen molar-refractivity contribution in [3.05, 3.63) is 29.2 Å². The van der Waals surface area contributed by atoms with Crippen molar-refractivity contribution < 1.29 is 0 Å². The van der Waals surface area contributed by atoms with Gasteiger partial charge in [-0.15, -0.1) is 21.5 Å². The van der Waals surface area contributed by atoms with Gasteiger partial charge in [-0.1, -0.05) is 0 Å². The van der Waals surface area contributed by atoms with Crippen molar-refractivity contribution in [1.29, 1.82) is 0 Å². The molecule has 4 nitrogen and oxygen atoms in total. The average Bonchev–Trinajstić information content (AvgIpc) is 2.76. The summed E-state index contributed by atoms with van der Waals surface area (Å²) in [4.78, 5) is 4.65. The van der Waals surface area contributed by atoms with Crippen molar-refractivity contribution in [1.82, 2.24) is 14.8 Å². The van der Waals surface area contributed by atoms with Gasteiger partial charge in [-0.05, 0) is 24.3 Å². The van der Waals surface area contributed by atoms with Crippen molar-refractivity contribution in [3.63, 3.8) is 0 Å². The third kappa shape index (κ3) is 0.885. The summed E-state index contributed by atoms with van der Waals surface area (Å²) in [6.45, 7) is 0. The van der Waals surface area contributed by atoms with Crippen LogP contribution < -0.4 is 0 Å². The summed E-state index contributed by atoms with van der Waals surface area (Å²) < 4.78 is 2.08. The highest BCUT2D eigenvalue weighted by molar-refractivity contribution is 7.13. The molecular formula is C10H8N4S. The molecule has 1 saturated carbocycles. The lowest BCUT2D eigenvalue weighted by molar-refractivity contribution is 0.665. The number of thiophene rings is 1. The van der Waals surface area contributed by atoms with Gasteiger partial charge in [-0.2, -0.15) is 0 Å². The van der Waals surface area contributed by atoms with E-state index in [1.54, 1.807) is 17.7 Å². The zero-order valence-electron chi connectivity index (χ0n) is 7.92. The lowest BCUT2D eigenvalue weighted by atomic mass is 10.3. The van der Waals surface area contributed by atoms with Crippen LogP contribution in [0.25, 0.3) is 5.00 Å². The van der Waals surface area contributed by atoms with Crippen LogP contribution in [0.4, 0.5) is 0 Å². The number of hydrogen-bond donors (Lipinski definition) is 0. The van der Waals surface area contributed by atoms with Gasteiger partial charge in [0.15, 0.2) is 5.82 Å². The zero-order valence-corrected chi connectivity index (χ0v) is 8.74. The van der Waals surface area contributed by atoms with E-state index in [0.29, 0.717) is 0 Å². The number of hydrogen-bond acceptors (Lipinski definition) is 4. The van der Waals surface area contributed by atoms with Crippen LogP contribution in [0.2, 0.25) is 0 Å². The number of aliphatic imine (C=N–C) groups is 1. The van der Waals surface area contributed by atoms with Crippen LogP contribution >= 0.6 is 11.3 Å². The van der Waals surface area contributed by atoms with Gasteiger partial charge in [0, 0.05) is 11.8 Å². The molecule has 4 rings (SSSR count). The first-order chi connectivity index (χ1) is 7.39. The quantitative estimate of drug-likeness (QED) is 0.673. The average molecular weight is 216 g/mol. The van der Waals surface area contributed by atoms with Crippen LogP contribution in [0.15, 0.2) is 22.8 Å². The second kappa shape index (κ2) is 2.36. The number of fused-ring (bicyclic) bond motifs is 4. The van der Waals surface area contributed by atoms with E-state index < -0.39 is 0 Å². The smallest absolute Gasteiger partial charge is 0.166 e. The Kier molecular flexibility index (Phi) is 1.22. The highest BCUT2D eigenvalue weighted by Crippen LogP contribution is 2.50. The number of aromatic nitrogens is 3. The minimum Gasteiger partial charge on any atom is -0.278 e. The van der Waals surface area contributed by atoms with Crippen LogP contribution in [0.1, 0.15) is 24.2 Å². The van der Waals surface area contributed by atoms with Crippen LogP contribution in [-0.2, 0) is 5.54 Å². The molecule has 1 fully saturated rings. The SMILES string of the molecule is C1=NC2(CC2)c2nncn2-c2sccc21. The van der Waals surface area contributed by atoms with Gasteiger partial charge >= 0.3 is 0 Å². The Hall–Kier alpha value is -1.49. The topological polar surface area (TPSA) is 43.1 Å². The van der Waals surface area contributed by atoms with E-state index >= 15 is 0 Å². The van der Waals surface area contributed by atoms with E-state index in [4.69, 9.17) is 0 Å². The summed E-state index contributed by atoms with van der Waals surface area (Å²) in [6.07, 6.45) is 5.96. The largest absolute Gasteiger partial charge is 0.278 e. The fourth-order valence-corrected chi connectivity index (χ4v) is 2.88. The molecule has 2 aromatic heterocycles. The van der Waals surface area contributed by atoms with Gasteiger partial charge in [0.2, 0.25) is 0 Å². The zero-order chi connectivity index (χ0) is 9.88.